The number of halogens is 4. The van der Waals surface area contributed by atoms with E-state index in [1.807, 2.05) is 0 Å². The Morgan fingerprint density at radius 3 is 2.52 bits per heavy atom. The van der Waals surface area contributed by atoms with Crippen LogP contribution in [-0.4, -0.2) is 35.2 Å². The van der Waals surface area contributed by atoms with E-state index in [1.165, 1.54) is 0 Å². The Bertz CT molecular complexity index is 544. The molecule has 10 heteroatoms. The van der Waals surface area contributed by atoms with Crippen LogP contribution in [0.1, 0.15) is 6.42 Å². The number of hydrogen-bond donors (Lipinski definition) is 2. The zero-order chi connectivity index (χ0) is 15.2. The molecule has 0 bridgehead atoms. The van der Waals surface area contributed by atoms with Crippen molar-refractivity contribution < 1.29 is 21.9 Å². The lowest BCUT2D eigenvalue weighted by molar-refractivity contribution is -0.0498. The van der Waals surface area contributed by atoms with Crippen LogP contribution in [-0.2, 0) is 10.0 Å². The van der Waals surface area contributed by atoms with Gasteiger partial charge in [-0.25, -0.2) is 13.1 Å². The Balaban J connectivity index is 0.00000400. The van der Waals surface area contributed by atoms with Crippen LogP contribution in [0.25, 0.3) is 0 Å². The van der Waals surface area contributed by atoms with Gasteiger partial charge in [-0.2, -0.15) is 8.78 Å². The third-order valence-corrected chi connectivity index (χ3v) is 4.08. The minimum atomic E-state index is -3.71. The Morgan fingerprint density at radius 1 is 1.33 bits per heavy atom. The molecule has 122 valence electrons. The smallest absolute Gasteiger partial charge is 0.387 e. The molecule has 5 nitrogen and oxygen atoms in total. The summed E-state index contributed by atoms with van der Waals surface area (Å²) in [6.07, 6.45) is 0.621. The SMILES string of the molecule is CNCCCNS(=O)(=O)c1ccc(OC(F)F)c(Cl)c1.Cl. The quantitative estimate of drug-likeness (QED) is 0.694. The molecule has 21 heavy (non-hydrogen) atoms. The maximum Gasteiger partial charge on any atom is 0.387 e. The minimum Gasteiger partial charge on any atom is -0.433 e. The first kappa shape index (κ1) is 20.3. The van der Waals surface area contributed by atoms with Gasteiger partial charge in [0, 0.05) is 6.54 Å². The highest BCUT2D eigenvalue weighted by Gasteiger charge is 2.16. The predicted octanol–water partition coefficient (Wildman–Crippen LogP) is 2.25. The molecule has 0 aromatic heterocycles. The summed E-state index contributed by atoms with van der Waals surface area (Å²) < 4.78 is 54.4. The number of benzene rings is 1. The van der Waals surface area contributed by atoms with E-state index in [-0.39, 0.29) is 34.6 Å². The van der Waals surface area contributed by atoms with Crippen LogP contribution in [0.15, 0.2) is 23.1 Å². The molecule has 1 aromatic rings. The largest absolute Gasteiger partial charge is 0.433 e. The molecule has 0 aliphatic rings. The van der Waals surface area contributed by atoms with Gasteiger partial charge in [0.2, 0.25) is 10.0 Å². The van der Waals surface area contributed by atoms with Gasteiger partial charge in [-0.15, -0.1) is 12.4 Å². The van der Waals surface area contributed by atoms with Crippen molar-refractivity contribution >= 4 is 34.0 Å². The highest BCUT2D eigenvalue weighted by molar-refractivity contribution is 7.89. The highest BCUT2D eigenvalue weighted by Crippen LogP contribution is 2.28. The van der Waals surface area contributed by atoms with Gasteiger partial charge in [-0.3, -0.25) is 0 Å². The standard InChI is InChI=1S/C11H15ClF2N2O3S.ClH/c1-15-5-2-6-16-20(17,18)8-3-4-10(9(12)7-8)19-11(13)14;/h3-4,7,11,15-16H,2,5-6H2,1H3;1H. The second-order valence-electron chi connectivity index (χ2n) is 3.83. The van der Waals surface area contributed by atoms with E-state index in [1.54, 1.807) is 7.05 Å². The lowest BCUT2D eigenvalue weighted by atomic mass is 10.3. The molecule has 0 spiro atoms. The summed E-state index contributed by atoms with van der Waals surface area (Å²) in [7, 11) is -1.95. The van der Waals surface area contributed by atoms with Crippen molar-refractivity contribution in [2.75, 3.05) is 20.1 Å². The maximum atomic E-state index is 12.1. The van der Waals surface area contributed by atoms with E-state index in [4.69, 9.17) is 11.6 Å². The Kier molecular flexibility index (Phi) is 9.07. The zero-order valence-electron chi connectivity index (χ0n) is 11.1. The summed E-state index contributed by atoms with van der Waals surface area (Å²) >= 11 is 5.70. The van der Waals surface area contributed by atoms with Crippen LogP contribution in [0, 0.1) is 0 Å². The molecule has 0 unspecified atom stereocenters. The summed E-state index contributed by atoms with van der Waals surface area (Å²) in [6, 6.07) is 3.32. The van der Waals surface area contributed by atoms with Gasteiger partial charge in [-0.05, 0) is 38.2 Å². The van der Waals surface area contributed by atoms with E-state index in [9.17, 15) is 17.2 Å². The van der Waals surface area contributed by atoms with Crippen LogP contribution < -0.4 is 14.8 Å². The molecular weight excluding hydrogens is 349 g/mol. The minimum absolute atomic E-state index is 0. The number of rotatable bonds is 8. The molecule has 0 radical (unpaired) electrons. The Labute approximate surface area is 133 Å². The van der Waals surface area contributed by atoms with Gasteiger partial charge >= 0.3 is 6.61 Å². The lowest BCUT2D eigenvalue weighted by Crippen LogP contribution is -2.26. The molecule has 0 saturated heterocycles. The molecular formula is C11H16Cl2F2N2O3S. The molecule has 0 atom stereocenters. The first-order chi connectivity index (χ1) is 9.36. The van der Waals surface area contributed by atoms with Crippen LogP contribution in [0.4, 0.5) is 8.78 Å². The van der Waals surface area contributed by atoms with Crippen LogP contribution in [0.3, 0.4) is 0 Å². The monoisotopic (exact) mass is 364 g/mol. The van der Waals surface area contributed by atoms with Crippen molar-refractivity contribution in [3.63, 3.8) is 0 Å². The first-order valence-corrected chi connectivity index (χ1v) is 7.61. The molecule has 0 heterocycles. The summed E-state index contributed by atoms with van der Waals surface area (Å²) in [5, 5.41) is 2.69. The third kappa shape index (κ3) is 6.75. The molecule has 0 aliphatic heterocycles. The highest BCUT2D eigenvalue weighted by atomic mass is 35.5. The van der Waals surface area contributed by atoms with Gasteiger partial charge in [0.1, 0.15) is 5.75 Å². The van der Waals surface area contributed by atoms with Crippen molar-refractivity contribution in [3.05, 3.63) is 23.2 Å². The van der Waals surface area contributed by atoms with Crippen molar-refractivity contribution in [2.45, 2.75) is 17.9 Å². The van der Waals surface area contributed by atoms with Crippen molar-refractivity contribution in [1.29, 1.82) is 0 Å². The fourth-order valence-corrected chi connectivity index (χ4v) is 2.79. The zero-order valence-corrected chi connectivity index (χ0v) is 13.5. The van der Waals surface area contributed by atoms with E-state index >= 15 is 0 Å². The van der Waals surface area contributed by atoms with Crippen molar-refractivity contribution in [3.8, 4) is 5.75 Å². The van der Waals surface area contributed by atoms with E-state index < -0.39 is 16.6 Å². The second-order valence-corrected chi connectivity index (χ2v) is 6.00. The lowest BCUT2D eigenvalue weighted by Gasteiger charge is -2.10. The van der Waals surface area contributed by atoms with Crippen molar-refractivity contribution in [2.24, 2.45) is 0 Å². The molecule has 0 fully saturated rings. The number of nitrogens with one attached hydrogen (secondary N) is 2. The van der Waals surface area contributed by atoms with Crippen LogP contribution in [0.2, 0.25) is 5.02 Å². The Morgan fingerprint density at radius 2 is 2.00 bits per heavy atom. The molecule has 0 saturated carbocycles. The van der Waals surface area contributed by atoms with Gasteiger partial charge < -0.3 is 10.1 Å². The average molecular weight is 365 g/mol. The molecule has 1 aromatic carbocycles. The molecule has 0 amide bonds. The molecule has 0 aliphatic carbocycles. The summed E-state index contributed by atoms with van der Waals surface area (Å²) in [4.78, 5) is -0.103. The third-order valence-electron chi connectivity index (χ3n) is 2.33. The number of sulfonamides is 1. The van der Waals surface area contributed by atoms with E-state index in [0.29, 0.717) is 13.0 Å². The summed E-state index contributed by atoms with van der Waals surface area (Å²) in [6.45, 7) is -2.09. The topological polar surface area (TPSA) is 67.4 Å². The number of ether oxygens (including phenoxy) is 1. The summed E-state index contributed by atoms with van der Waals surface area (Å²) in [5.74, 6) is -0.268. The van der Waals surface area contributed by atoms with Crippen LogP contribution >= 0.6 is 24.0 Å². The second kappa shape index (κ2) is 9.37. The van der Waals surface area contributed by atoms with Gasteiger partial charge in [0.05, 0.1) is 9.92 Å². The Hall–Kier alpha value is -0.670. The maximum absolute atomic E-state index is 12.1. The van der Waals surface area contributed by atoms with Gasteiger partial charge in [0.15, 0.2) is 0 Å². The molecule has 2 N–H and O–H groups in total. The van der Waals surface area contributed by atoms with Gasteiger partial charge in [-0.1, -0.05) is 11.6 Å². The number of alkyl halides is 2. The number of hydrogen-bond acceptors (Lipinski definition) is 4. The summed E-state index contributed by atoms with van der Waals surface area (Å²) in [5.41, 5.74) is 0. The first-order valence-electron chi connectivity index (χ1n) is 5.75. The molecule has 1 rings (SSSR count). The van der Waals surface area contributed by atoms with Crippen LogP contribution in [0.5, 0.6) is 5.75 Å². The fraction of sp³-hybridized carbons (Fsp3) is 0.455. The van der Waals surface area contributed by atoms with Crippen molar-refractivity contribution in [1.82, 2.24) is 10.0 Å². The normalized spacial score (nSPS) is 11.3. The van der Waals surface area contributed by atoms with E-state index in [2.05, 4.69) is 14.8 Å². The van der Waals surface area contributed by atoms with E-state index in [0.717, 1.165) is 18.2 Å². The average Bonchev–Trinajstić information content (AvgIpc) is 2.36. The predicted molar refractivity (Wildman–Crippen MR) is 79.1 cm³/mol. The fourth-order valence-electron chi connectivity index (χ4n) is 1.40. The van der Waals surface area contributed by atoms with Gasteiger partial charge in [0.25, 0.3) is 0 Å².